The summed E-state index contributed by atoms with van der Waals surface area (Å²) < 4.78 is 10.9. The first-order chi connectivity index (χ1) is 17.1. The van der Waals surface area contributed by atoms with Gasteiger partial charge in [0, 0.05) is 30.2 Å². The van der Waals surface area contributed by atoms with E-state index in [1.165, 1.54) is 11.3 Å². The molecule has 0 unspecified atom stereocenters. The number of amides is 2. The van der Waals surface area contributed by atoms with E-state index in [9.17, 15) is 14.9 Å². The first-order valence-corrected chi connectivity index (χ1v) is 12.3. The number of benzene rings is 1. The number of hydrogen-bond acceptors (Lipinski definition) is 7. The van der Waals surface area contributed by atoms with Crippen LogP contribution >= 0.6 is 11.3 Å². The molecule has 3 heterocycles. The van der Waals surface area contributed by atoms with E-state index in [-0.39, 0.29) is 18.9 Å². The minimum atomic E-state index is -0.403. The lowest BCUT2D eigenvalue weighted by molar-refractivity contribution is -0.116. The summed E-state index contributed by atoms with van der Waals surface area (Å²) in [6.07, 6.45) is 4.30. The quantitative estimate of drug-likeness (QED) is 0.492. The fourth-order valence-corrected chi connectivity index (χ4v) is 5.12. The molecule has 180 valence electrons. The van der Waals surface area contributed by atoms with Crippen LogP contribution in [0.2, 0.25) is 0 Å². The maximum atomic E-state index is 12.6. The van der Waals surface area contributed by atoms with Gasteiger partial charge in [0.2, 0.25) is 5.91 Å². The van der Waals surface area contributed by atoms with E-state index >= 15 is 0 Å². The monoisotopic (exact) mass is 490 g/mol. The van der Waals surface area contributed by atoms with Gasteiger partial charge in [0.1, 0.15) is 23.4 Å². The number of nitrogens with zero attached hydrogens (tertiary/aromatic N) is 3. The van der Waals surface area contributed by atoms with Gasteiger partial charge in [-0.05, 0) is 60.7 Å². The second kappa shape index (κ2) is 11.5. The van der Waals surface area contributed by atoms with Crippen molar-refractivity contribution >= 4 is 28.3 Å². The van der Waals surface area contributed by atoms with Crippen molar-refractivity contribution < 1.29 is 19.1 Å². The van der Waals surface area contributed by atoms with Gasteiger partial charge in [0.05, 0.1) is 18.7 Å². The Kier molecular flexibility index (Phi) is 7.95. The summed E-state index contributed by atoms with van der Waals surface area (Å²) in [5.41, 5.74) is 3.26. The van der Waals surface area contributed by atoms with Crippen LogP contribution in [0.25, 0.3) is 0 Å². The smallest absolute Gasteiger partial charge is 0.410 e. The van der Waals surface area contributed by atoms with E-state index in [1.807, 2.05) is 31.2 Å². The van der Waals surface area contributed by atoms with E-state index in [2.05, 4.69) is 16.4 Å². The summed E-state index contributed by atoms with van der Waals surface area (Å²) in [5.74, 6) is 0.627. The summed E-state index contributed by atoms with van der Waals surface area (Å²) in [4.78, 5) is 31.7. The van der Waals surface area contributed by atoms with Gasteiger partial charge in [-0.2, -0.15) is 5.26 Å². The van der Waals surface area contributed by atoms with E-state index in [4.69, 9.17) is 9.47 Å². The predicted octanol–water partition coefficient (Wildman–Crippen LogP) is 4.68. The van der Waals surface area contributed by atoms with Crippen LogP contribution in [0.1, 0.15) is 40.5 Å². The van der Waals surface area contributed by atoms with Crippen LogP contribution in [0.5, 0.6) is 5.75 Å². The number of hydrogen-bond donors (Lipinski definition) is 1. The molecule has 0 bridgehead atoms. The normalized spacial score (nSPS) is 12.4. The van der Waals surface area contributed by atoms with E-state index in [1.54, 1.807) is 29.4 Å². The molecular formula is C26H26N4O4S. The van der Waals surface area contributed by atoms with Gasteiger partial charge in [-0.3, -0.25) is 9.78 Å². The van der Waals surface area contributed by atoms with E-state index in [0.717, 1.165) is 27.3 Å². The summed E-state index contributed by atoms with van der Waals surface area (Å²) in [7, 11) is 0. The first kappa shape index (κ1) is 24.2. The highest BCUT2D eigenvalue weighted by Gasteiger charge is 2.28. The number of rotatable bonds is 8. The number of pyridine rings is 1. The fraction of sp³-hybridized carbons (Fsp3) is 0.308. The standard InChI is InChI=1S/C26H26N4O4S/c1-2-33-20-5-3-4-18(14-20)6-7-24(31)29-25-22(15-27)21-10-13-30(16-23(21)35-25)26(32)34-17-19-8-11-28-12-9-19/h3-5,8-9,11-12,14H,2,6-7,10,13,16-17H2,1H3,(H,29,31). The van der Waals surface area contributed by atoms with Crippen molar-refractivity contribution in [1.29, 1.82) is 5.26 Å². The molecule has 0 atom stereocenters. The molecule has 0 saturated heterocycles. The number of aromatic nitrogens is 1. The lowest BCUT2D eigenvalue weighted by atomic mass is 10.0. The molecule has 1 aliphatic rings. The SMILES string of the molecule is CCOc1cccc(CCC(=O)Nc2sc3c(c2C#N)CCN(C(=O)OCc2ccncc2)C3)c1. The number of fused-ring (bicyclic) bond motifs is 1. The Bertz CT molecular complexity index is 1240. The molecule has 0 fully saturated rings. The molecule has 0 saturated carbocycles. The number of carbonyl (C=O) groups excluding carboxylic acids is 2. The van der Waals surface area contributed by atoms with Gasteiger partial charge in [-0.1, -0.05) is 12.1 Å². The Labute approximate surface area is 208 Å². The topological polar surface area (TPSA) is 105 Å². The van der Waals surface area contributed by atoms with Crippen LogP contribution in [0, 0.1) is 11.3 Å². The molecule has 2 amide bonds. The van der Waals surface area contributed by atoms with Gasteiger partial charge < -0.3 is 19.7 Å². The first-order valence-electron chi connectivity index (χ1n) is 11.4. The van der Waals surface area contributed by atoms with Gasteiger partial charge in [0.25, 0.3) is 0 Å². The number of anilines is 1. The third-order valence-electron chi connectivity index (χ3n) is 5.64. The number of ether oxygens (including phenoxy) is 2. The highest BCUT2D eigenvalue weighted by atomic mass is 32.1. The van der Waals surface area contributed by atoms with Crippen molar-refractivity contribution in [3.8, 4) is 11.8 Å². The van der Waals surface area contributed by atoms with Crippen molar-refractivity contribution in [3.63, 3.8) is 0 Å². The molecule has 0 radical (unpaired) electrons. The zero-order chi connectivity index (χ0) is 24.6. The molecule has 0 spiro atoms. The molecule has 3 aromatic rings. The fourth-order valence-electron chi connectivity index (χ4n) is 3.89. The van der Waals surface area contributed by atoms with Crippen LogP contribution < -0.4 is 10.1 Å². The van der Waals surface area contributed by atoms with Crippen LogP contribution in [-0.2, 0) is 35.5 Å². The molecule has 1 aliphatic heterocycles. The Hall–Kier alpha value is -3.90. The highest BCUT2D eigenvalue weighted by Crippen LogP contribution is 2.37. The van der Waals surface area contributed by atoms with Gasteiger partial charge in [0.15, 0.2) is 0 Å². The van der Waals surface area contributed by atoms with Crippen LogP contribution in [0.4, 0.5) is 9.80 Å². The lowest BCUT2D eigenvalue weighted by Crippen LogP contribution is -2.35. The molecular weight excluding hydrogens is 464 g/mol. The van der Waals surface area contributed by atoms with E-state index in [0.29, 0.717) is 43.1 Å². The zero-order valence-electron chi connectivity index (χ0n) is 19.5. The van der Waals surface area contributed by atoms with Gasteiger partial charge in [-0.25, -0.2) is 4.79 Å². The van der Waals surface area contributed by atoms with Crippen LogP contribution in [0.15, 0.2) is 48.8 Å². The molecule has 1 aromatic carbocycles. The van der Waals surface area contributed by atoms with Crippen LogP contribution in [0.3, 0.4) is 0 Å². The second-order valence-electron chi connectivity index (χ2n) is 8.03. The number of nitriles is 1. The Morgan fingerprint density at radius 1 is 1.23 bits per heavy atom. The van der Waals surface area contributed by atoms with Crippen LogP contribution in [-0.4, -0.2) is 35.0 Å². The van der Waals surface area contributed by atoms with Gasteiger partial charge >= 0.3 is 6.09 Å². The zero-order valence-corrected chi connectivity index (χ0v) is 20.3. The minimum Gasteiger partial charge on any atom is -0.494 e. The molecule has 8 nitrogen and oxygen atoms in total. The molecule has 1 N–H and O–H groups in total. The number of aryl methyl sites for hydroxylation is 1. The summed E-state index contributed by atoms with van der Waals surface area (Å²) in [5, 5.41) is 13.2. The molecule has 4 rings (SSSR count). The Morgan fingerprint density at radius 3 is 2.83 bits per heavy atom. The largest absolute Gasteiger partial charge is 0.494 e. The molecule has 9 heteroatoms. The van der Waals surface area contributed by atoms with Gasteiger partial charge in [-0.15, -0.1) is 11.3 Å². The second-order valence-corrected chi connectivity index (χ2v) is 9.14. The van der Waals surface area contributed by atoms with Crippen molar-refractivity contribution in [2.75, 3.05) is 18.5 Å². The predicted molar refractivity (Wildman–Crippen MR) is 132 cm³/mol. The Balaban J connectivity index is 1.35. The van der Waals surface area contributed by atoms with Crippen molar-refractivity contribution in [1.82, 2.24) is 9.88 Å². The summed E-state index contributed by atoms with van der Waals surface area (Å²) in [6.45, 7) is 3.50. The van der Waals surface area contributed by atoms with E-state index < -0.39 is 6.09 Å². The average Bonchev–Trinajstić information content (AvgIpc) is 3.23. The lowest BCUT2D eigenvalue weighted by Gasteiger charge is -2.26. The number of carbonyl (C=O) groups is 2. The summed E-state index contributed by atoms with van der Waals surface area (Å²) in [6, 6.07) is 13.5. The minimum absolute atomic E-state index is 0.157. The third-order valence-corrected chi connectivity index (χ3v) is 6.77. The average molecular weight is 491 g/mol. The molecule has 35 heavy (non-hydrogen) atoms. The molecule has 2 aromatic heterocycles. The number of thiophene rings is 1. The van der Waals surface area contributed by atoms with Crippen molar-refractivity contribution in [2.45, 2.75) is 39.3 Å². The Morgan fingerprint density at radius 2 is 2.06 bits per heavy atom. The molecule has 0 aliphatic carbocycles. The summed E-state index contributed by atoms with van der Waals surface area (Å²) >= 11 is 1.35. The highest BCUT2D eigenvalue weighted by molar-refractivity contribution is 7.16. The maximum absolute atomic E-state index is 12.6. The van der Waals surface area contributed by atoms with Crippen molar-refractivity contribution in [3.05, 3.63) is 75.9 Å². The number of nitrogens with one attached hydrogen (secondary N) is 1. The maximum Gasteiger partial charge on any atom is 0.410 e. The van der Waals surface area contributed by atoms with Crippen molar-refractivity contribution in [2.24, 2.45) is 0 Å². The third kappa shape index (κ3) is 6.16.